The van der Waals surface area contributed by atoms with Gasteiger partial charge in [-0.05, 0) is 126 Å². The zero-order valence-corrected chi connectivity index (χ0v) is 36.6. The Labute approximate surface area is 372 Å². The highest BCUT2D eigenvalue weighted by molar-refractivity contribution is 5.98. The van der Waals surface area contributed by atoms with Crippen LogP contribution in [-0.2, 0) is 16.2 Å². The van der Waals surface area contributed by atoms with E-state index in [1.165, 1.54) is 100 Å². The van der Waals surface area contributed by atoms with E-state index in [1.807, 2.05) is 0 Å². The van der Waals surface area contributed by atoms with E-state index < -0.39 is 0 Å². The predicted octanol–water partition coefficient (Wildman–Crippen LogP) is 16.4. The summed E-state index contributed by atoms with van der Waals surface area (Å²) in [6, 6.07) is 77.3. The minimum atomic E-state index is -0.308. The van der Waals surface area contributed by atoms with E-state index in [2.05, 4.69) is 246 Å². The van der Waals surface area contributed by atoms with Crippen LogP contribution in [0.5, 0.6) is 0 Å². The van der Waals surface area contributed by atoms with Crippen LogP contribution >= 0.6 is 0 Å². The Balaban J connectivity index is 1.04. The molecule has 3 aliphatic rings. The molecule has 302 valence electrons. The first-order valence-electron chi connectivity index (χ1n) is 22.4. The van der Waals surface area contributed by atoms with Crippen LogP contribution in [0.4, 0.5) is 17.1 Å². The molecule has 0 spiro atoms. The Kier molecular flexibility index (Phi) is 8.13. The lowest BCUT2D eigenvalue weighted by atomic mass is 9.74. The molecule has 0 bridgehead atoms. The third-order valence-electron chi connectivity index (χ3n) is 15.0. The molecule has 3 aliphatic carbocycles. The molecule has 0 radical (unpaired) electrons. The topological polar surface area (TPSA) is 3.24 Å². The van der Waals surface area contributed by atoms with Gasteiger partial charge in [0.15, 0.2) is 0 Å². The zero-order valence-electron chi connectivity index (χ0n) is 36.6. The Hall–Kier alpha value is -7.22. The molecule has 0 aromatic heterocycles. The van der Waals surface area contributed by atoms with Gasteiger partial charge in [-0.25, -0.2) is 0 Å². The first-order chi connectivity index (χ1) is 30.7. The number of hydrogen-bond acceptors (Lipinski definition) is 1. The molecule has 0 aliphatic heterocycles. The molecular weight excluding hydrogens is 759 g/mol. The number of benzene rings is 9. The fourth-order valence-electron chi connectivity index (χ4n) is 11.9. The molecular formula is C62H49N. The lowest BCUT2D eigenvalue weighted by Crippen LogP contribution is -2.22. The predicted molar refractivity (Wildman–Crippen MR) is 265 cm³/mol. The summed E-state index contributed by atoms with van der Waals surface area (Å²) in [5.41, 5.74) is 25.4. The van der Waals surface area contributed by atoms with Gasteiger partial charge in [0.25, 0.3) is 0 Å². The molecule has 63 heavy (non-hydrogen) atoms. The number of rotatable bonds is 6. The fraction of sp³-hybridized carbons (Fsp3) is 0.129. The van der Waals surface area contributed by atoms with E-state index in [4.69, 9.17) is 0 Å². The van der Waals surface area contributed by atoms with Gasteiger partial charge in [-0.1, -0.05) is 204 Å². The van der Waals surface area contributed by atoms with E-state index in [-0.39, 0.29) is 16.2 Å². The molecule has 1 unspecified atom stereocenters. The van der Waals surface area contributed by atoms with Gasteiger partial charge >= 0.3 is 0 Å². The van der Waals surface area contributed by atoms with Crippen LogP contribution in [0.25, 0.3) is 55.6 Å². The Morgan fingerprint density at radius 3 is 1.52 bits per heavy atom. The van der Waals surface area contributed by atoms with Crippen LogP contribution < -0.4 is 4.90 Å². The van der Waals surface area contributed by atoms with Crippen LogP contribution in [0.2, 0.25) is 0 Å². The standard InChI is InChI=1S/C62H49N/c1-60(2)52-28-14-11-23-46(52)48-38-37-43(39-56(48)60)63(57-32-18-31-55-58(57)51-25-13-16-30-54(51)62(55,5)41-19-7-6-8-20-41)42-35-33-40(34-36-42)44-21-9-10-22-45(44)49-26-17-27-50-47-24-12-15-29-53(47)61(3,4)59(49)50/h6-39H,1-5H3. The Bertz CT molecular complexity index is 3290. The van der Waals surface area contributed by atoms with Crippen molar-refractivity contribution in [2.24, 2.45) is 0 Å². The molecule has 0 fully saturated rings. The van der Waals surface area contributed by atoms with Crippen LogP contribution in [-0.4, -0.2) is 0 Å². The first kappa shape index (κ1) is 37.5. The molecule has 9 aromatic carbocycles. The average Bonchev–Trinajstić information content (AvgIpc) is 3.84. The van der Waals surface area contributed by atoms with Gasteiger partial charge in [0, 0.05) is 33.2 Å². The normalized spacial score (nSPS) is 16.7. The lowest BCUT2D eigenvalue weighted by Gasteiger charge is -2.31. The first-order valence-corrected chi connectivity index (χ1v) is 22.4. The third-order valence-corrected chi connectivity index (χ3v) is 15.0. The van der Waals surface area contributed by atoms with Gasteiger partial charge < -0.3 is 4.90 Å². The van der Waals surface area contributed by atoms with Crippen molar-refractivity contribution in [2.75, 3.05) is 4.90 Å². The lowest BCUT2D eigenvalue weighted by molar-refractivity contribution is 0.660. The molecule has 1 nitrogen and oxygen atoms in total. The maximum absolute atomic E-state index is 2.52. The number of nitrogens with zero attached hydrogens (tertiary/aromatic N) is 1. The maximum Gasteiger partial charge on any atom is 0.0543 e. The summed E-state index contributed by atoms with van der Waals surface area (Å²) >= 11 is 0. The second kappa shape index (κ2) is 13.6. The highest BCUT2D eigenvalue weighted by atomic mass is 15.1. The van der Waals surface area contributed by atoms with Gasteiger partial charge in [0.2, 0.25) is 0 Å². The minimum absolute atomic E-state index is 0.114. The monoisotopic (exact) mass is 807 g/mol. The van der Waals surface area contributed by atoms with Gasteiger partial charge in [-0.3, -0.25) is 0 Å². The summed E-state index contributed by atoms with van der Waals surface area (Å²) in [6.07, 6.45) is 0. The second-order valence-electron chi connectivity index (χ2n) is 19.0. The van der Waals surface area contributed by atoms with E-state index in [9.17, 15) is 0 Å². The average molecular weight is 808 g/mol. The van der Waals surface area contributed by atoms with E-state index in [0.717, 1.165) is 11.4 Å². The molecule has 1 heteroatoms. The van der Waals surface area contributed by atoms with E-state index >= 15 is 0 Å². The summed E-state index contributed by atoms with van der Waals surface area (Å²) in [6.45, 7) is 11.9. The highest BCUT2D eigenvalue weighted by Crippen LogP contribution is 2.58. The fourth-order valence-corrected chi connectivity index (χ4v) is 11.9. The SMILES string of the molecule is CC1(C)c2ccccc2-c2ccc(N(c3ccc(-c4ccccc4-c4cccc5c4C(C)(C)c4ccccc4-5)cc3)c3cccc4c3-c3ccccc3C4(C)c3ccccc3)cc21. The molecule has 0 amide bonds. The van der Waals surface area contributed by atoms with Crippen molar-refractivity contribution >= 4 is 17.1 Å². The third kappa shape index (κ3) is 5.29. The van der Waals surface area contributed by atoms with Gasteiger partial charge in [-0.15, -0.1) is 0 Å². The van der Waals surface area contributed by atoms with Crippen molar-refractivity contribution in [1.82, 2.24) is 0 Å². The van der Waals surface area contributed by atoms with Crippen LogP contribution in [0.15, 0.2) is 206 Å². The number of hydrogen-bond donors (Lipinski definition) is 0. The summed E-state index contributed by atoms with van der Waals surface area (Å²) in [5, 5.41) is 0. The van der Waals surface area contributed by atoms with Gasteiger partial charge in [0.1, 0.15) is 0 Å². The van der Waals surface area contributed by atoms with Crippen molar-refractivity contribution in [2.45, 2.75) is 50.9 Å². The van der Waals surface area contributed by atoms with Crippen molar-refractivity contribution in [3.8, 4) is 55.6 Å². The van der Waals surface area contributed by atoms with E-state index in [1.54, 1.807) is 0 Å². The zero-order chi connectivity index (χ0) is 42.7. The smallest absolute Gasteiger partial charge is 0.0543 e. The van der Waals surface area contributed by atoms with Crippen LogP contribution in [0.3, 0.4) is 0 Å². The summed E-state index contributed by atoms with van der Waals surface area (Å²) in [7, 11) is 0. The van der Waals surface area contributed by atoms with E-state index in [0.29, 0.717) is 0 Å². The Morgan fingerprint density at radius 1 is 0.317 bits per heavy atom. The quantitative estimate of drug-likeness (QED) is 0.162. The maximum atomic E-state index is 2.52. The number of anilines is 3. The van der Waals surface area contributed by atoms with Crippen molar-refractivity contribution in [3.63, 3.8) is 0 Å². The molecule has 9 aromatic rings. The second-order valence-corrected chi connectivity index (χ2v) is 19.0. The van der Waals surface area contributed by atoms with Gasteiger partial charge in [0.05, 0.1) is 5.69 Å². The molecule has 0 N–H and O–H groups in total. The molecule has 0 heterocycles. The highest BCUT2D eigenvalue weighted by Gasteiger charge is 2.43. The van der Waals surface area contributed by atoms with Crippen molar-refractivity contribution < 1.29 is 0 Å². The Morgan fingerprint density at radius 2 is 0.810 bits per heavy atom. The summed E-state index contributed by atoms with van der Waals surface area (Å²) in [4.78, 5) is 2.52. The molecule has 0 saturated heterocycles. The van der Waals surface area contributed by atoms with Gasteiger partial charge in [-0.2, -0.15) is 0 Å². The van der Waals surface area contributed by atoms with Crippen LogP contribution in [0.1, 0.15) is 73.6 Å². The summed E-state index contributed by atoms with van der Waals surface area (Å²) < 4.78 is 0. The van der Waals surface area contributed by atoms with Crippen molar-refractivity contribution in [1.29, 1.82) is 0 Å². The minimum Gasteiger partial charge on any atom is -0.310 e. The largest absolute Gasteiger partial charge is 0.310 e. The van der Waals surface area contributed by atoms with Crippen molar-refractivity contribution in [3.05, 3.63) is 245 Å². The molecule has 12 rings (SSSR count). The summed E-state index contributed by atoms with van der Waals surface area (Å²) in [5.74, 6) is 0. The van der Waals surface area contributed by atoms with Crippen LogP contribution in [0, 0.1) is 0 Å². The number of fused-ring (bicyclic) bond motifs is 9. The molecule has 0 saturated carbocycles. The molecule has 1 atom stereocenters.